The van der Waals surface area contributed by atoms with E-state index in [-0.39, 0.29) is 17.9 Å². The zero-order chi connectivity index (χ0) is 15.9. The van der Waals surface area contributed by atoms with E-state index in [4.69, 9.17) is 0 Å². The lowest BCUT2D eigenvalue weighted by Gasteiger charge is -2.09. The minimum atomic E-state index is -0.150. The molecule has 6 heteroatoms. The van der Waals surface area contributed by atoms with Crippen LogP contribution >= 0.6 is 0 Å². The van der Waals surface area contributed by atoms with Crippen molar-refractivity contribution in [3.05, 3.63) is 40.3 Å². The third kappa shape index (κ3) is 3.92. The highest BCUT2D eigenvalue weighted by Crippen LogP contribution is 2.13. The number of aromatic nitrogens is 2. The van der Waals surface area contributed by atoms with Crippen molar-refractivity contribution in [1.29, 1.82) is 0 Å². The molecule has 1 heterocycles. The van der Waals surface area contributed by atoms with E-state index in [0.29, 0.717) is 17.6 Å². The SMILES string of the molecule is CCCNCCNC(=O)Cc1nn(C)c(=O)c2ccccc12. The maximum Gasteiger partial charge on any atom is 0.274 e. The summed E-state index contributed by atoms with van der Waals surface area (Å²) in [7, 11) is 1.60. The fraction of sp³-hybridized carbons (Fsp3) is 0.438. The lowest BCUT2D eigenvalue weighted by molar-refractivity contribution is -0.120. The van der Waals surface area contributed by atoms with E-state index < -0.39 is 0 Å². The molecule has 2 N–H and O–H groups in total. The quantitative estimate of drug-likeness (QED) is 0.734. The Labute approximate surface area is 129 Å². The molecule has 0 atom stereocenters. The van der Waals surface area contributed by atoms with Gasteiger partial charge in [0.2, 0.25) is 5.91 Å². The number of amides is 1. The molecule has 0 radical (unpaired) electrons. The van der Waals surface area contributed by atoms with E-state index in [0.717, 1.165) is 24.9 Å². The van der Waals surface area contributed by atoms with E-state index in [9.17, 15) is 9.59 Å². The normalized spacial score (nSPS) is 10.8. The van der Waals surface area contributed by atoms with Gasteiger partial charge < -0.3 is 10.6 Å². The average molecular weight is 302 g/mol. The molecule has 1 aromatic carbocycles. The number of rotatable bonds is 7. The predicted octanol–water partition coefficient (Wildman–Crippen LogP) is 0.592. The van der Waals surface area contributed by atoms with Gasteiger partial charge in [-0.1, -0.05) is 25.1 Å². The molecule has 22 heavy (non-hydrogen) atoms. The standard InChI is InChI=1S/C16H22N4O2/c1-3-8-17-9-10-18-15(21)11-14-12-6-4-5-7-13(12)16(22)20(2)19-14/h4-7,17H,3,8-11H2,1-2H3,(H,18,21). The van der Waals surface area contributed by atoms with Gasteiger partial charge in [0.15, 0.2) is 0 Å². The molecule has 0 fully saturated rings. The van der Waals surface area contributed by atoms with Crippen LogP contribution in [0.1, 0.15) is 19.0 Å². The Kier molecular flexibility index (Phi) is 5.66. The zero-order valence-corrected chi connectivity index (χ0v) is 13.1. The van der Waals surface area contributed by atoms with Crippen molar-refractivity contribution in [2.24, 2.45) is 7.05 Å². The molecular weight excluding hydrogens is 280 g/mol. The molecule has 0 saturated heterocycles. The monoisotopic (exact) mass is 302 g/mol. The number of benzene rings is 1. The third-order valence-corrected chi connectivity index (χ3v) is 3.41. The van der Waals surface area contributed by atoms with E-state index in [1.165, 1.54) is 4.68 Å². The van der Waals surface area contributed by atoms with Crippen molar-refractivity contribution in [3.8, 4) is 0 Å². The Morgan fingerprint density at radius 3 is 2.64 bits per heavy atom. The van der Waals surface area contributed by atoms with Crippen LogP contribution in [0.15, 0.2) is 29.1 Å². The maximum absolute atomic E-state index is 12.0. The first-order valence-corrected chi connectivity index (χ1v) is 7.55. The van der Waals surface area contributed by atoms with Crippen molar-refractivity contribution in [1.82, 2.24) is 20.4 Å². The molecule has 6 nitrogen and oxygen atoms in total. The number of aryl methyl sites for hydroxylation is 1. The molecule has 0 aliphatic carbocycles. The molecule has 0 saturated carbocycles. The number of hydrogen-bond donors (Lipinski definition) is 2. The van der Waals surface area contributed by atoms with Crippen LogP contribution in [0.5, 0.6) is 0 Å². The summed E-state index contributed by atoms with van der Waals surface area (Å²) in [5.74, 6) is -0.0883. The Balaban J connectivity index is 2.07. The van der Waals surface area contributed by atoms with Crippen LogP contribution in [0.4, 0.5) is 0 Å². The van der Waals surface area contributed by atoms with E-state index in [1.807, 2.05) is 18.2 Å². The van der Waals surface area contributed by atoms with Crippen LogP contribution < -0.4 is 16.2 Å². The van der Waals surface area contributed by atoms with Crippen LogP contribution in [0, 0.1) is 0 Å². The fourth-order valence-electron chi connectivity index (χ4n) is 2.31. The smallest absolute Gasteiger partial charge is 0.274 e. The summed E-state index contributed by atoms with van der Waals surface area (Å²) in [5, 5.41) is 11.6. The Bertz CT molecular complexity index is 709. The van der Waals surface area contributed by atoms with Gasteiger partial charge >= 0.3 is 0 Å². The van der Waals surface area contributed by atoms with Gasteiger partial charge in [0.1, 0.15) is 0 Å². The molecule has 0 aliphatic rings. The lowest BCUT2D eigenvalue weighted by atomic mass is 10.1. The third-order valence-electron chi connectivity index (χ3n) is 3.41. The molecule has 0 unspecified atom stereocenters. The average Bonchev–Trinajstić information content (AvgIpc) is 2.52. The second-order valence-electron chi connectivity index (χ2n) is 5.20. The first-order valence-electron chi connectivity index (χ1n) is 7.55. The topological polar surface area (TPSA) is 76.0 Å². The zero-order valence-electron chi connectivity index (χ0n) is 13.1. The van der Waals surface area contributed by atoms with Crippen molar-refractivity contribution in [2.45, 2.75) is 19.8 Å². The van der Waals surface area contributed by atoms with Crippen molar-refractivity contribution < 1.29 is 4.79 Å². The number of nitrogens with zero attached hydrogens (tertiary/aromatic N) is 2. The summed E-state index contributed by atoms with van der Waals surface area (Å²) in [5.41, 5.74) is 0.472. The summed E-state index contributed by atoms with van der Waals surface area (Å²) in [4.78, 5) is 24.0. The van der Waals surface area contributed by atoms with E-state index >= 15 is 0 Å². The number of carbonyl (C=O) groups excluding carboxylic acids is 1. The van der Waals surface area contributed by atoms with Gasteiger partial charge in [0.05, 0.1) is 17.5 Å². The van der Waals surface area contributed by atoms with E-state index in [2.05, 4.69) is 22.7 Å². The van der Waals surface area contributed by atoms with Crippen molar-refractivity contribution in [3.63, 3.8) is 0 Å². The van der Waals surface area contributed by atoms with Crippen LogP contribution in [0.2, 0.25) is 0 Å². The first kappa shape index (κ1) is 16.2. The molecule has 118 valence electrons. The molecule has 1 amide bonds. The number of fused-ring (bicyclic) bond motifs is 1. The highest BCUT2D eigenvalue weighted by atomic mass is 16.1. The number of hydrogen-bond acceptors (Lipinski definition) is 4. The lowest BCUT2D eigenvalue weighted by Crippen LogP contribution is -2.33. The van der Waals surface area contributed by atoms with Gasteiger partial charge in [-0.2, -0.15) is 5.10 Å². The summed E-state index contributed by atoms with van der Waals surface area (Å²) in [6, 6.07) is 7.25. The van der Waals surface area contributed by atoms with Gasteiger partial charge in [-0.3, -0.25) is 9.59 Å². The molecule has 2 rings (SSSR count). The number of nitrogens with one attached hydrogen (secondary N) is 2. The maximum atomic E-state index is 12.0. The Morgan fingerprint density at radius 2 is 1.91 bits per heavy atom. The van der Waals surface area contributed by atoms with Crippen LogP contribution in [-0.4, -0.2) is 35.3 Å². The second kappa shape index (κ2) is 7.70. The highest BCUT2D eigenvalue weighted by molar-refractivity contribution is 5.88. The Hall–Kier alpha value is -2.21. The second-order valence-corrected chi connectivity index (χ2v) is 5.20. The van der Waals surface area contributed by atoms with Gasteiger partial charge in [-0.05, 0) is 19.0 Å². The predicted molar refractivity (Wildman–Crippen MR) is 86.9 cm³/mol. The van der Waals surface area contributed by atoms with E-state index in [1.54, 1.807) is 13.1 Å². The minimum Gasteiger partial charge on any atom is -0.354 e. The molecule has 2 aromatic rings. The Morgan fingerprint density at radius 1 is 1.18 bits per heavy atom. The summed E-state index contributed by atoms with van der Waals surface area (Å²) in [6.07, 6.45) is 1.24. The van der Waals surface area contributed by atoms with Crippen molar-refractivity contribution in [2.75, 3.05) is 19.6 Å². The summed E-state index contributed by atoms with van der Waals surface area (Å²) >= 11 is 0. The highest BCUT2D eigenvalue weighted by Gasteiger charge is 2.11. The minimum absolute atomic E-state index is 0.0883. The van der Waals surface area contributed by atoms with Gasteiger partial charge in [-0.15, -0.1) is 0 Å². The molecule has 0 bridgehead atoms. The van der Waals surface area contributed by atoms with Crippen LogP contribution in [0.25, 0.3) is 10.8 Å². The number of carbonyl (C=O) groups is 1. The molecule has 0 spiro atoms. The first-order chi connectivity index (χ1) is 10.6. The summed E-state index contributed by atoms with van der Waals surface area (Å²) in [6.45, 7) is 4.38. The van der Waals surface area contributed by atoms with Crippen LogP contribution in [0.3, 0.4) is 0 Å². The van der Waals surface area contributed by atoms with Gasteiger partial charge in [-0.25, -0.2) is 4.68 Å². The largest absolute Gasteiger partial charge is 0.354 e. The molecular formula is C16H22N4O2. The van der Waals surface area contributed by atoms with Gasteiger partial charge in [0.25, 0.3) is 5.56 Å². The van der Waals surface area contributed by atoms with Crippen molar-refractivity contribution >= 4 is 16.7 Å². The molecule has 0 aliphatic heterocycles. The summed E-state index contributed by atoms with van der Waals surface area (Å²) < 4.78 is 1.29. The van der Waals surface area contributed by atoms with Gasteiger partial charge in [0, 0.05) is 25.5 Å². The fourth-order valence-corrected chi connectivity index (χ4v) is 2.31. The molecule has 1 aromatic heterocycles. The van der Waals surface area contributed by atoms with Crippen LogP contribution in [-0.2, 0) is 18.3 Å².